The van der Waals surface area contributed by atoms with Crippen LogP contribution < -0.4 is 5.73 Å². The van der Waals surface area contributed by atoms with Gasteiger partial charge in [-0.15, -0.1) is 0 Å². The van der Waals surface area contributed by atoms with Crippen LogP contribution in [0.15, 0.2) is 0 Å². The van der Waals surface area contributed by atoms with E-state index in [-0.39, 0.29) is 12.5 Å². The van der Waals surface area contributed by atoms with E-state index in [1.807, 2.05) is 0 Å². The number of rotatable bonds is 2. The minimum atomic E-state index is -0.0412. The maximum Gasteiger partial charge on any atom is 0.236 e. The first-order valence-corrected chi connectivity index (χ1v) is 3.95. The first-order valence-electron chi connectivity index (χ1n) is 3.95. The van der Waals surface area contributed by atoms with Gasteiger partial charge in [-0.2, -0.15) is 0 Å². The van der Waals surface area contributed by atoms with Crippen LogP contribution >= 0.6 is 0 Å². The van der Waals surface area contributed by atoms with Crippen LogP contribution in [0.4, 0.5) is 0 Å². The second kappa shape index (κ2) is 4.06. The van der Waals surface area contributed by atoms with Crippen LogP contribution in [0.25, 0.3) is 0 Å². The van der Waals surface area contributed by atoms with Gasteiger partial charge in [0.25, 0.3) is 0 Å². The van der Waals surface area contributed by atoms with Crippen molar-refractivity contribution >= 4 is 12.3 Å². The molecule has 0 aromatic carbocycles. The summed E-state index contributed by atoms with van der Waals surface area (Å²) < 4.78 is 0. The van der Waals surface area contributed by atoms with Gasteiger partial charge in [-0.05, 0) is 0 Å². The summed E-state index contributed by atoms with van der Waals surface area (Å²) in [4.78, 5) is 24.7. The molecule has 1 rings (SSSR count). The van der Waals surface area contributed by atoms with Crippen molar-refractivity contribution < 1.29 is 9.59 Å². The van der Waals surface area contributed by atoms with Crippen LogP contribution in [0.2, 0.25) is 0 Å². The van der Waals surface area contributed by atoms with E-state index in [0.29, 0.717) is 26.2 Å². The summed E-state index contributed by atoms with van der Waals surface area (Å²) in [5.41, 5.74) is 5.20. The molecule has 0 bridgehead atoms. The van der Waals surface area contributed by atoms with Crippen LogP contribution in [-0.2, 0) is 9.59 Å². The van der Waals surface area contributed by atoms with Crippen molar-refractivity contribution in [3.63, 3.8) is 0 Å². The smallest absolute Gasteiger partial charge is 0.236 e. The largest absolute Gasteiger partial charge is 0.342 e. The highest BCUT2D eigenvalue weighted by molar-refractivity contribution is 5.78. The molecular weight excluding hydrogens is 158 g/mol. The van der Waals surface area contributed by atoms with Crippen molar-refractivity contribution in [2.75, 3.05) is 32.7 Å². The van der Waals surface area contributed by atoms with E-state index in [2.05, 4.69) is 0 Å². The fourth-order valence-corrected chi connectivity index (χ4v) is 1.21. The van der Waals surface area contributed by atoms with Crippen LogP contribution in [0.3, 0.4) is 0 Å². The summed E-state index contributed by atoms with van der Waals surface area (Å²) in [5.74, 6) is -0.0412. The molecule has 5 nitrogen and oxygen atoms in total. The summed E-state index contributed by atoms with van der Waals surface area (Å²) in [5, 5.41) is 0. The van der Waals surface area contributed by atoms with Gasteiger partial charge in [-0.1, -0.05) is 0 Å². The Labute approximate surface area is 71.1 Å². The number of nitrogens with two attached hydrogens (primary N) is 1. The van der Waals surface area contributed by atoms with Crippen molar-refractivity contribution in [2.45, 2.75) is 0 Å². The lowest BCUT2D eigenvalue weighted by Gasteiger charge is -2.32. The monoisotopic (exact) mass is 171 g/mol. The van der Waals surface area contributed by atoms with E-state index in [1.54, 1.807) is 9.80 Å². The van der Waals surface area contributed by atoms with Gasteiger partial charge in [0, 0.05) is 26.2 Å². The maximum absolute atomic E-state index is 11.1. The second-order valence-electron chi connectivity index (χ2n) is 2.73. The molecule has 5 heteroatoms. The standard InChI is InChI=1S/C7H13N3O2/c8-5-7(12)10-3-1-9(6-11)2-4-10/h6H,1-5,8H2. The van der Waals surface area contributed by atoms with Crippen molar-refractivity contribution in [2.24, 2.45) is 5.73 Å². The molecule has 0 aromatic rings. The predicted octanol–water partition coefficient (Wildman–Crippen LogP) is -1.75. The SMILES string of the molecule is NCC(=O)N1CCN(C=O)CC1. The molecule has 0 saturated carbocycles. The molecule has 2 amide bonds. The van der Waals surface area contributed by atoms with Crippen LogP contribution in [-0.4, -0.2) is 54.8 Å². The van der Waals surface area contributed by atoms with Gasteiger partial charge in [0.15, 0.2) is 0 Å². The Kier molecular flexibility index (Phi) is 3.04. The van der Waals surface area contributed by atoms with Gasteiger partial charge in [-0.25, -0.2) is 0 Å². The Bertz CT molecular complexity index is 175. The maximum atomic E-state index is 11.1. The Morgan fingerprint density at radius 1 is 1.33 bits per heavy atom. The Morgan fingerprint density at radius 3 is 2.33 bits per heavy atom. The number of carbonyl (C=O) groups is 2. The number of nitrogens with zero attached hydrogens (tertiary/aromatic N) is 2. The Balaban J connectivity index is 2.35. The Hall–Kier alpha value is -1.10. The lowest BCUT2D eigenvalue weighted by Crippen LogP contribution is -2.49. The van der Waals surface area contributed by atoms with E-state index < -0.39 is 0 Å². The molecule has 1 saturated heterocycles. The molecular formula is C7H13N3O2. The fourth-order valence-electron chi connectivity index (χ4n) is 1.21. The van der Waals surface area contributed by atoms with Crippen molar-refractivity contribution in [3.8, 4) is 0 Å². The Morgan fingerprint density at radius 2 is 1.92 bits per heavy atom. The fraction of sp³-hybridized carbons (Fsp3) is 0.714. The van der Waals surface area contributed by atoms with Crippen molar-refractivity contribution in [1.82, 2.24) is 9.80 Å². The molecule has 68 valence electrons. The first kappa shape index (κ1) is 8.99. The second-order valence-corrected chi connectivity index (χ2v) is 2.73. The third-order valence-electron chi connectivity index (χ3n) is 1.99. The summed E-state index contributed by atoms with van der Waals surface area (Å²) in [6.07, 6.45) is 0.810. The lowest BCUT2D eigenvalue weighted by atomic mass is 10.3. The molecule has 1 heterocycles. The van der Waals surface area contributed by atoms with Gasteiger partial charge in [0.05, 0.1) is 6.54 Å². The third kappa shape index (κ3) is 1.94. The summed E-state index contributed by atoms with van der Waals surface area (Å²) in [6, 6.07) is 0. The van der Waals surface area contributed by atoms with Crippen molar-refractivity contribution in [1.29, 1.82) is 0 Å². The molecule has 0 radical (unpaired) electrons. The minimum absolute atomic E-state index is 0.0412. The summed E-state index contributed by atoms with van der Waals surface area (Å²) in [6.45, 7) is 2.51. The number of piperazine rings is 1. The predicted molar refractivity (Wildman–Crippen MR) is 43.3 cm³/mol. The average molecular weight is 171 g/mol. The van der Waals surface area contributed by atoms with E-state index in [4.69, 9.17) is 5.73 Å². The van der Waals surface area contributed by atoms with Crippen LogP contribution in [0.1, 0.15) is 0 Å². The van der Waals surface area contributed by atoms with Gasteiger partial charge in [0.1, 0.15) is 0 Å². The number of amides is 2. The average Bonchev–Trinajstić information content (AvgIpc) is 2.17. The molecule has 1 fully saturated rings. The third-order valence-corrected chi connectivity index (χ3v) is 1.99. The van der Waals surface area contributed by atoms with E-state index in [1.165, 1.54) is 0 Å². The highest BCUT2D eigenvalue weighted by Gasteiger charge is 2.18. The molecule has 0 aliphatic carbocycles. The molecule has 1 aliphatic rings. The quantitative estimate of drug-likeness (QED) is 0.501. The molecule has 0 aromatic heterocycles. The highest BCUT2D eigenvalue weighted by atomic mass is 16.2. The molecule has 0 unspecified atom stereocenters. The van der Waals surface area contributed by atoms with E-state index in [9.17, 15) is 9.59 Å². The molecule has 1 aliphatic heterocycles. The van der Waals surface area contributed by atoms with Gasteiger partial charge < -0.3 is 15.5 Å². The molecule has 0 spiro atoms. The zero-order chi connectivity index (χ0) is 8.97. The molecule has 12 heavy (non-hydrogen) atoms. The highest BCUT2D eigenvalue weighted by Crippen LogP contribution is 1.98. The zero-order valence-corrected chi connectivity index (χ0v) is 6.90. The zero-order valence-electron chi connectivity index (χ0n) is 6.90. The topological polar surface area (TPSA) is 66.6 Å². The number of hydrogen-bond donors (Lipinski definition) is 1. The van der Waals surface area contributed by atoms with Crippen LogP contribution in [0, 0.1) is 0 Å². The van der Waals surface area contributed by atoms with Gasteiger partial charge in [0.2, 0.25) is 12.3 Å². The van der Waals surface area contributed by atoms with E-state index >= 15 is 0 Å². The molecule has 2 N–H and O–H groups in total. The van der Waals surface area contributed by atoms with Gasteiger partial charge >= 0.3 is 0 Å². The van der Waals surface area contributed by atoms with E-state index in [0.717, 1.165) is 6.41 Å². The number of hydrogen-bond acceptors (Lipinski definition) is 3. The summed E-state index contributed by atoms with van der Waals surface area (Å²) >= 11 is 0. The lowest BCUT2D eigenvalue weighted by molar-refractivity contribution is -0.133. The van der Waals surface area contributed by atoms with Crippen molar-refractivity contribution in [3.05, 3.63) is 0 Å². The van der Waals surface area contributed by atoms with Crippen LogP contribution in [0.5, 0.6) is 0 Å². The molecule has 0 atom stereocenters. The van der Waals surface area contributed by atoms with Gasteiger partial charge in [-0.3, -0.25) is 9.59 Å². The minimum Gasteiger partial charge on any atom is -0.342 e. The first-order chi connectivity index (χ1) is 5.77. The number of carbonyl (C=O) groups excluding carboxylic acids is 2. The summed E-state index contributed by atoms with van der Waals surface area (Å²) in [7, 11) is 0. The normalized spacial score (nSPS) is 17.8.